The van der Waals surface area contributed by atoms with Gasteiger partial charge in [0.2, 0.25) is 0 Å². The molecule has 0 bridgehead atoms. The van der Waals surface area contributed by atoms with Crippen molar-refractivity contribution < 1.29 is 9.47 Å². The van der Waals surface area contributed by atoms with Gasteiger partial charge in [-0.25, -0.2) is 0 Å². The third-order valence-corrected chi connectivity index (χ3v) is 4.55. The van der Waals surface area contributed by atoms with Crippen LogP contribution in [0.2, 0.25) is 0 Å². The number of hydrogen-bond donors (Lipinski definition) is 0. The largest absolute Gasteiger partial charge is 0.373 e. The molecule has 110 valence electrons. The van der Waals surface area contributed by atoms with Crippen LogP contribution in [0.25, 0.3) is 0 Å². The second-order valence-electron chi connectivity index (χ2n) is 5.51. The van der Waals surface area contributed by atoms with Crippen LogP contribution in [-0.2, 0) is 9.47 Å². The van der Waals surface area contributed by atoms with Crippen molar-refractivity contribution in [3.8, 4) is 0 Å². The molecule has 0 aromatic carbocycles. The van der Waals surface area contributed by atoms with E-state index in [0.29, 0.717) is 0 Å². The fourth-order valence-corrected chi connectivity index (χ4v) is 2.19. The van der Waals surface area contributed by atoms with Gasteiger partial charge >= 0.3 is 0 Å². The Bertz CT molecular complexity index is 184. The first-order valence-corrected chi connectivity index (χ1v) is 9.01. The molecule has 0 unspecified atom stereocenters. The summed E-state index contributed by atoms with van der Waals surface area (Å²) in [4.78, 5) is 0. The van der Waals surface area contributed by atoms with E-state index in [9.17, 15) is 0 Å². The predicted molar refractivity (Wildman–Crippen MR) is 86.1 cm³/mol. The van der Waals surface area contributed by atoms with Gasteiger partial charge in [0.25, 0.3) is 0 Å². The number of rotatable bonds is 11. The van der Waals surface area contributed by atoms with E-state index in [-0.39, 0.29) is 11.2 Å². The summed E-state index contributed by atoms with van der Waals surface area (Å²) >= 11 is 6.87. The molecule has 0 amide bonds. The lowest BCUT2D eigenvalue weighted by atomic mass is 9.89. The molecule has 18 heavy (non-hydrogen) atoms. The first kappa shape index (κ1) is 18.9. The molecule has 0 fully saturated rings. The topological polar surface area (TPSA) is 18.5 Å². The molecule has 0 rings (SSSR count). The highest BCUT2D eigenvalue weighted by atomic mass is 79.9. The smallest absolute Gasteiger partial charge is 0.0909 e. The minimum atomic E-state index is -0.256. The van der Waals surface area contributed by atoms with Gasteiger partial charge in [-0.1, -0.05) is 31.9 Å². The molecule has 0 spiro atoms. The van der Waals surface area contributed by atoms with Gasteiger partial charge < -0.3 is 9.47 Å². The molecule has 0 saturated heterocycles. The second-order valence-corrected chi connectivity index (χ2v) is 7.10. The van der Waals surface area contributed by atoms with Crippen molar-refractivity contribution in [1.29, 1.82) is 0 Å². The Morgan fingerprint density at radius 3 is 1.28 bits per heavy atom. The summed E-state index contributed by atoms with van der Waals surface area (Å²) in [6, 6.07) is 0. The van der Waals surface area contributed by atoms with Crippen LogP contribution in [0, 0.1) is 0 Å². The maximum atomic E-state index is 6.00. The highest BCUT2D eigenvalue weighted by Crippen LogP contribution is 2.29. The van der Waals surface area contributed by atoms with Crippen LogP contribution in [0.3, 0.4) is 0 Å². The summed E-state index contributed by atoms with van der Waals surface area (Å²) in [7, 11) is 0. The predicted octanol–water partition coefficient (Wildman–Crippen LogP) is 4.93. The van der Waals surface area contributed by atoms with Crippen molar-refractivity contribution in [3.63, 3.8) is 0 Å². The van der Waals surface area contributed by atoms with Gasteiger partial charge in [0.05, 0.1) is 11.2 Å². The van der Waals surface area contributed by atoms with Crippen LogP contribution in [0.5, 0.6) is 0 Å². The molecule has 0 aliphatic carbocycles. The van der Waals surface area contributed by atoms with Crippen LogP contribution in [0.4, 0.5) is 0 Å². The minimum absolute atomic E-state index is 0.256. The zero-order valence-electron chi connectivity index (χ0n) is 12.2. The normalized spacial score (nSPS) is 13.0. The van der Waals surface area contributed by atoms with Crippen molar-refractivity contribution in [3.05, 3.63) is 0 Å². The number of alkyl halides is 2. The summed E-state index contributed by atoms with van der Waals surface area (Å²) in [5, 5.41) is 2.09. The molecule has 0 radical (unpaired) electrons. The molecule has 0 aromatic heterocycles. The Balaban J connectivity index is 4.02. The van der Waals surface area contributed by atoms with E-state index in [1.54, 1.807) is 0 Å². The van der Waals surface area contributed by atoms with Crippen molar-refractivity contribution in [1.82, 2.24) is 0 Å². The fourth-order valence-electron chi connectivity index (χ4n) is 1.40. The minimum Gasteiger partial charge on any atom is -0.373 e. The van der Waals surface area contributed by atoms with Gasteiger partial charge in [-0.2, -0.15) is 0 Å². The Morgan fingerprint density at radius 2 is 1.00 bits per heavy atom. The number of unbranched alkanes of at least 4 members (excludes halogenated alkanes) is 2. The first-order chi connectivity index (χ1) is 8.37. The van der Waals surface area contributed by atoms with E-state index < -0.39 is 0 Å². The van der Waals surface area contributed by atoms with E-state index >= 15 is 0 Å². The molecule has 0 saturated carbocycles. The summed E-state index contributed by atoms with van der Waals surface area (Å²) in [6.45, 7) is 10.1. The third kappa shape index (κ3) is 7.46. The standard InChI is InChI=1S/C14H28Br2O2/c1-13(2,17-11-7-5-9-15)14(3,4)18-12-8-6-10-16/h5-12H2,1-4H3. The number of halogens is 2. The summed E-state index contributed by atoms with van der Waals surface area (Å²) < 4.78 is 12.0. The van der Waals surface area contributed by atoms with Crippen molar-refractivity contribution in [2.75, 3.05) is 23.9 Å². The van der Waals surface area contributed by atoms with Crippen molar-refractivity contribution in [2.24, 2.45) is 0 Å². The lowest BCUT2D eigenvalue weighted by Gasteiger charge is -2.41. The molecule has 2 nitrogen and oxygen atoms in total. The summed E-state index contributed by atoms with van der Waals surface area (Å²) in [5.41, 5.74) is -0.512. The number of hydrogen-bond acceptors (Lipinski definition) is 2. The Hall–Kier alpha value is 0.880. The van der Waals surface area contributed by atoms with Crippen molar-refractivity contribution >= 4 is 31.9 Å². The van der Waals surface area contributed by atoms with Gasteiger partial charge in [0.1, 0.15) is 0 Å². The average Bonchev–Trinajstić information content (AvgIpc) is 2.30. The lowest BCUT2D eigenvalue weighted by molar-refractivity contribution is -0.176. The number of ether oxygens (including phenoxy) is 2. The fraction of sp³-hybridized carbons (Fsp3) is 1.00. The van der Waals surface area contributed by atoms with Crippen LogP contribution in [0.15, 0.2) is 0 Å². The Labute approximate surface area is 129 Å². The second kappa shape index (κ2) is 9.73. The van der Waals surface area contributed by atoms with Crippen LogP contribution in [-0.4, -0.2) is 35.1 Å². The zero-order valence-corrected chi connectivity index (χ0v) is 15.4. The van der Waals surface area contributed by atoms with Crippen LogP contribution < -0.4 is 0 Å². The van der Waals surface area contributed by atoms with Crippen LogP contribution in [0.1, 0.15) is 53.4 Å². The van der Waals surface area contributed by atoms with E-state index in [0.717, 1.165) is 49.6 Å². The molecule has 0 aliphatic rings. The molecular weight excluding hydrogens is 360 g/mol. The monoisotopic (exact) mass is 386 g/mol. The highest BCUT2D eigenvalue weighted by Gasteiger charge is 2.38. The Kier molecular flexibility index (Phi) is 10.2. The lowest BCUT2D eigenvalue weighted by Crippen LogP contribution is -2.49. The zero-order chi connectivity index (χ0) is 14.1. The van der Waals surface area contributed by atoms with Gasteiger partial charge in [-0.05, 0) is 53.4 Å². The molecule has 0 heterocycles. The van der Waals surface area contributed by atoms with Crippen LogP contribution >= 0.6 is 31.9 Å². The quantitative estimate of drug-likeness (QED) is 0.369. The van der Waals surface area contributed by atoms with E-state index in [4.69, 9.17) is 9.47 Å². The molecule has 0 aliphatic heterocycles. The maximum Gasteiger partial charge on any atom is 0.0909 e. The van der Waals surface area contributed by atoms with Gasteiger partial charge in [-0.15, -0.1) is 0 Å². The maximum absolute atomic E-state index is 6.00. The van der Waals surface area contributed by atoms with E-state index in [2.05, 4.69) is 59.6 Å². The van der Waals surface area contributed by atoms with E-state index in [1.807, 2.05) is 0 Å². The third-order valence-electron chi connectivity index (χ3n) is 3.43. The van der Waals surface area contributed by atoms with Gasteiger partial charge in [0.15, 0.2) is 0 Å². The average molecular weight is 388 g/mol. The molecular formula is C14H28Br2O2. The first-order valence-electron chi connectivity index (χ1n) is 6.77. The highest BCUT2D eigenvalue weighted by molar-refractivity contribution is 9.09. The van der Waals surface area contributed by atoms with Crippen molar-refractivity contribution in [2.45, 2.75) is 64.6 Å². The Morgan fingerprint density at radius 1 is 0.667 bits per heavy atom. The van der Waals surface area contributed by atoms with Gasteiger partial charge in [-0.3, -0.25) is 0 Å². The molecule has 0 aromatic rings. The summed E-state index contributed by atoms with van der Waals surface area (Å²) in [6.07, 6.45) is 4.49. The van der Waals surface area contributed by atoms with Gasteiger partial charge in [0, 0.05) is 23.9 Å². The molecule has 0 N–H and O–H groups in total. The molecule has 0 atom stereocenters. The molecule has 4 heteroatoms. The summed E-state index contributed by atoms with van der Waals surface area (Å²) in [5.74, 6) is 0. The van der Waals surface area contributed by atoms with E-state index in [1.165, 1.54) is 0 Å². The SMILES string of the molecule is CC(C)(OCCCCBr)C(C)(C)OCCCCBr.